The van der Waals surface area contributed by atoms with Gasteiger partial charge < -0.3 is 10.1 Å². The number of anilines is 1. The highest BCUT2D eigenvalue weighted by Crippen LogP contribution is 2.31. The minimum absolute atomic E-state index is 0.154. The van der Waals surface area contributed by atoms with Gasteiger partial charge in [0.25, 0.3) is 0 Å². The van der Waals surface area contributed by atoms with E-state index in [0.717, 1.165) is 35.4 Å². The maximum Gasteiger partial charge on any atom is 0.224 e. The zero-order chi connectivity index (χ0) is 22.7. The first-order valence-corrected chi connectivity index (χ1v) is 11.6. The van der Waals surface area contributed by atoms with Crippen LogP contribution in [-0.2, 0) is 17.8 Å². The number of aryl methyl sites for hydroxylation is 1. The van der Waals surface area contributed by atoms with Crippen LogP contribution in [0, 0.1) is 6.92 Å². The molecule has 1 N–H and O–H groups in total. The van der Waals surface area contributed by atoms with Gasteiger partial charge in [-0.2, -0.15) is 0 Å². The summed E-state index contributed by atoms with van der Waals surface area (Å²) in [6, 6.07) is 27.3. The lowest BCUT2D eigenvalue weighted by Crippen LogP contribution is -2.65. The Kier molecular flexibility index (Phi) is 6.27. The SMILES string of the molecule is Cc1ccc2nc(Cl)nc(NCC3(N(Cc4ccccc4)Cc4ccccc4)COC3)c2c1. The fraction of sp³-hybridized carbons (Fsp3) is 0.259. The minimum Gasteiger partial charge on any atom is -0.377 e. The van der Waals surface area contributed by atoms with Crippen LogP contribution in [0.15, 0.2) is 78.9 Å². The van der Waals surface area contributed by atoms with Crippen LogP contribution >= 0.6 is 11.6 Å². The number of ether oxygens (including phenoxy) is 1. The zero-order valence-electron chi connectivity index (χ0n) is 18.7. The first-order valence-electron chi connectivity index (χ1n) is 11.2. The average molecular weight is 459 g/mol. The summed E-state index contributed by atoms with van der Waals surface area (Å²) in [7, 11) is 0. The van der Waals surface area contributed by atoms with Crippen molar-refractivity contribution in [1.29, 1.82) is 0 Å². The Morgan fingerprint density at radius 2 is 1.55 bits per heavy atom. The second kappa shape index (κ2) is 9.48. The Labute approximate surface area is 199 Å². The van der Waals surface area contributed by atoms with E-state index in [0.29, 0.717) is 19.8 Å². The molecule has 5 nitrogen and oxygen atoms in total. The van der Waals surface area contributed by atoms with Crippen molar-refractivity contribution in [1.82, 2.24) is 14.9 Å². The summed E-state index contributed by atoms with van der Waals surface area (Å²) in [5.41, 5.74) is 4.41. The van der Waals surface area contributed by atoms with Crippen LogP contribution in [0.2, 0.25) is 5.28 Å². The van der Waals surface area contributed by atoms with E-state index in [-0.39, 0.29) is 10.8 Å². The molecule has 1 aromatic heterocycles. The summed E-state index contributed by atoms with van der Waals surface area (Å²) < 4.78 is 5.77. The maximum atomic E-state index is 6.24. The van der Waals surface area contributed by atoms with Crippen molar-refractivity contribution in [2.45, 2.75) is 25.6 Å². The lowest BCUT2D eigenvalue weighted by atomic mass is 9.92. The Bertz CT molecular complexity index is 1190. The third kappa shape index (κ3) is 4.86. The van der Waals surface area contributed by atoms with E-state index in [9.17, 15) is 0 Å². The van der Waals surface area contributed by atoms with Gasteiger partial charge >= 0.3 is 0 Å². The summed E-state index contributed by atoms with van der Waals surface area (Å²) in [6.45, 7) is 5.77. The van der Waals surface area contributed by atoms with Crippen molar-refractivity contribution in [3.63, 3.8) is 0 Å². The second-order valence-corrected chi connectivity index (χ2v) is 9.10. The van der Waals surface area contributed by atoms with Crippen molar-refractivity contribution in [3.05, 3.63) is 101 Å². The van der Waals surface area contributed by atoms with Gasteiger partial charge in [0.05, 0.1) is 24.3 Å². The molecule has 6 heteroatoms. The highest BCUT2D eigenvalue weighted by atomic mass is 35.5. The molecule has 1 aliphatic heterocycles. The molecular weight excluding hydrogens is 432 g/mol. The van der Waals surface area contributed by atoms with E-state index in [1.54, 1.807) is 0 Å². The Hall–Kier alpha value is -2.99. The predicted octanol–water partition coefficient (Wildman–Crippen LogP) is 5.47. The van der Waals surface area contributed by atoms with E-state index < -0.39 is 0 Å². The first-order chi connectivity index (χ1) is 16.1. The highest BCUT2D eigenvalue weighted by Gasteiger charge is 2.44. The lowest BCUT2D eigenvalue weighted by Gasteiger charge is -2.50. The topological polar surface area (TPSA) is 50.3 Å². The standard InChI is InChI=1S/C27H27ClN4O/c1-20-12-13-24-23(14-20)25(31-26(28)30-24)29-17-27(18-33-19-27)32(15-21-8-4-2-5-9-21)16-22-10-6-3-7-11-22/h2-14H,15-19H2,1H3,(H,29,30,31). The molecule has 1 aliphatic rings. The summed E-state index contributed by atoms with van der Waals surface area (Å²) in [4.78, 5) is 11.4. The van der Waals surface area contributed by atoms with Gasteiger partial charge in [-0.1, -0.05) is 72.3 Å². The first kappa shape index (κ1) is 21.8. The molecule has 5 rings (SSSR count). The van der Waals surface area contributed by atoms with E-state index in [2.05, 4.69) is 93.8 Å². The van der Waals surface area contributed by atoms with Gasteiger partial charge in [-0.3, -0.25) is 4.90 Å². The molecule has 33 heavy (non-hydrogen) atoms. The number of halogens is 1. The van der Waals surface area contributed by atoms with Crippen molar-refractivity contribution < 1.29 is 4.74 Å². The molecule has 2 heterocycles. The third-order valence-electron chi connectivity index (χ3n) is 6.25. The summed E-state index contributed by atoms with van der Waals surface area (Å²) in [5.74, 6) is 0.763. The number of aromatic nitrogens is 2. The summed E-state index contributed by atoms with van der Waals surface area (Å²) in [5, 5.41) is 4.82. The quantitative estimate of drug-likeness (QED) is 0.354. The third-order valence-corrected chi connectivity index (χ3v) is 6.42. The lowest BCUT2D eigenvalue weighted by molar-refractivity contribution is -0.140. The molecule has 0 bridgehead atoms. The smallest absolute Gasteiger partial charge is 0.224 e. The molecule has 0 radical (unpaired) electrons. The Morgan fingerprint density at radius 3 is 2.12 bits per heavy atom. The normalized spacial score (nSPS) is 14.9. The molecule has 3 aromatic carbocycles. The van der Waals surface area contributed by atoms with Crippen LogP contribution < -0.4 is 5.32 Å². The van der Waals surface area contributed by atoms with Crippen LogP contribution in [-0.4, -0.2) is 40.2 Å². The molecule has 0 atom stereocenters. The molecule has 0 aliphatic carbocycles. The van der Waals surface area contributed by atoms with Gasteiger partial charge in [-0.15, -0.1) is 0 Å². The van der Waals surface area contributed by atoms with Crippen LogP contribution in [0.4, 0.5) is 5.82 Å². The number of nitrogens with zero attached hydrogens (tertiary/aromatic N) is 3. The molecule has 0 saturated carbocycles. The number of hydrogen-bond donors (Lipinski definition) is 1. The molecule has 1 saturated heterocycles. The molecule has 0 unspecified atom stereocenters. The van der Waals surface area contributed by atoms with Gasteiger partial charge in [0.15, 0.2) is 0 Å². The number of rotatable bonds is 8. The van der Waals surface area contributed by atoms with Crippen molar-refractivity contribution in [2.75, 3.05) is 25.1 Å². The van der Waals surface area contributed by atoms with Crippen molar-refractivity contribution >= 4 is 28.3 Å². The number of benzene rings is 3. The van der Waals surface area contributed by atoms with Crippen LogP contribution in [0.25, 0.3) is 10.9 Å². The molecular formula is C27H27ClN4O. The number of hydrogen-bond acceptors (Lipinski definition) is 5. The largest absolute Gasteiger partial charge is 0.377 e. The van der Waals surface area contributed by atoms with Gasteiger partial charge in [0, 0.05) is 25.0 Å². The van der Waals surface area contributed by atoms with Gasteiger partial charge in [-0.25, -0.2) is 9.97 Å². The average Bonchev–Trinajstić information content (AvgIpc) is 2.80. The Morgan fingerprint density at radius 1 is 0.909 bits per heavy atom. The molecule has 0 amide bonds. The van der Waals surface area contributed by atoms with E-state index in [1.165, 1.54) is 11.1 Å². The summed E-state index contributed by atoms with van der Waals surface area (Å²) >= 11 is 6.24. The zero-order valence-corrected chi connectivity index (χ0v) is 19.4. The van der Waals surface area contributed by atoms with Gasteiger partial charge in [-0.05, 0) is 41.8 Å². The van der Waals surface area contributed by atoms with Gasteiger partial charge in [0.2, 0.25) is 5.28 Å². The van der Waals surface area contributed by atoms with Crippen molar-refractivity contribution in [3.8, 4) is 0 Å². The van der Waals surface area contributed by atoms with Crippen LogP contribution in [0.3, 0.4) is 0 Å². The molecule has 4 aromatic rings. The predicted molar refractivity (Wildman–Crippen MR) is 133 cm³/mol. The van der Waals surface area contributed by atoms with Crippen LogP contribution in [0.1, 0.15) is 16.7 Å². The Balaban J connectivity index is 1.44. The maximum absolute atomic E-state index is 6.24. The van der Waals surface area contributed by atoms with Gasteiger partial charge in [0.1, 0.15) is 5.82 Å². The molecule has 0 spiro atoms. The number of nitrogens with one attached hydrogen (secondary N) is 1. The summed E-state index contributed by atoms with van der Waals surface area (Å²) in [6.07, 6.45) is 0. The fourth-order valence-corrected chi connectivity index (χ4v) is 4.51. The molecule has 1 fully saturated rings. The van der Waals surface area contributed by atoms with E-state index in [4.69, 9.17) is 16.3 Å². The van der Waals surface area contributed by atoms with E-state index in [1.807, 2.05) is 12.1 Å². The van der Waals surface area contributed by atoms with Crippen molar-refractivity contribution in [2.24, 2.45) is 0 Å². The monoisotopic (exact) mass is 458 g/mol. The fourth-order valence-electron chi connectivity index (χ4n) is 4.33. The highest BCUT2D eigenvalue weighted by molar-refractivity contribution is 6.28. The number of fused-ring (bicyclic) bond motifs is 1. The van der Waals surface area contributed by atoms with Crippen LogP contribution in [0.5, 0.6) is 0 Å². The second-order valence-electron chi connectivity index (χ2n) is 8.76. The molecule has 168 valence electrons. The minimum atomic E-state index is -0.154. The van der Waals surface area contributed by atoms with E-state index >= 15 is 0 Å².